The predicted octanol–water partition coefficient (Wildman–Crippen LogP) is 7.43. The Labute approximate surface area is 238 Å². The van der Waals surface area contributed by atoms with Crippen LogP contribution in [0.3, 0.4) is 0 Å². The lowest BCUT2D eigenvalue weighted by Crippen LogP contribution is -2.52. The minimum absolute atomic E-state index is 0.0172. The average molecular weight is 578 g/mol. The number of nitrogens with one attached hydrogen (secondary N) is 1. The number of benzene rings is 3. The van der Waals surface area contributed by atoms with Gasteiger partial charge in [-0.25, -0.2) is 0 Å². The second-order valence-electron chi connectivity index (χ2n) is 8.86. The highest BCUT2D eigenvalue weighted by molar-refractivity contribution is 7.99. The molecule has 0 aromatic heterocycles. The molecule has 0 aliphatic rings. The van der Waals surface area contributed by atoms with Crippen LogP contribution in [-0.4, -0.2) is 34.6 Å². The first-order valence-electron chi connectivity index (χ1n) is 12.2. The molecule has 37 heavy (non-hydrogen) atoms. The molecule has 0 saturated carbocycles. The molecule has 3 aromatic carbocycles. The summed E-state index contributed by atoms with van der Waals surface area (Å²) < 4.78 is 0. The Hall–Kier alpha value is -2.18. The number of rotatable bonds is 12. The van der Waals surface area contributed by atoms with Gasteiger partial charge >= 0.3 is 0 Å². The van der Waals surface area contributed by atoms with Crippen LogP contribution < -0.4 is 5.32 Å². The van der Waals surface area contributed by atoms with Gasteiger partial charge in [0.05, 0.1) is 5.75 Å². The maximum Gasteiger partial charge on any atom is 0.243 e. The monoisotopic (exact) mass is 576 g/mol. The second-order valence-corrected chi connectivity index (χ2v) is 11.1. The molecular formula is C29H31Cl3N2O2S. The maximum atomic E-state index is 13.7. The van der Waals surface area contributed by atoms with Crippen molar-refractivity contribution >= 4 is 58.4 Å². The van der Waals surface area contributed by atoms with Crippen LogP contribution in [0.1, 0.15) is 37.0 Å². The van der Waals surface area contributed by atoms with E-state index in [1.54, 1.807) is 23.1 Å². The number of carbonyl (C=O) groups is 2. The molecule has 0 spiro atoms. The topological polar surface area (TPSA) is 49.4 Å². The van der Waals surface area contributed by atoms with Crippen molar-refractivity contribution in [1.29, 1.82) is 0 Å². The van der Waals surface area contributed by atoms with Crippen LogP contribution in [0.25, 0.3) is 0 Å². The number of nitrogens with zero attached hydrogens (tertiary/aromatic N) is 1. The highest BCUT2D eigenvalue weighted by Gasteiger charge is 2.31. The van der Waals surface area contributed by atoms with Crippen LogP contribution in [0, 0.1) is 0 Å². The van der Waals surface area contributed by atoms with E-state index >= 15 is 0 Å². The van der Waals surface area contributed by atoms with E-state index in [1.165, 1.54) is 11.8 Å². The Bertz CT molecular complexity index is 1190. The van der Waals surface area contributed by atoms with Crippen LogP contribution >= 0.6 is 46.6 Å². The highest BCUT2D eigenvalue weighted by Crippen LogP contribution is 2.26. The van der Waals surface area contributed by atoms with E-state index in [-0.39, 0.29) is 30.2 Å². The van der Waals surface area contributed by atoms with Crippen LogP contribution in [0.15, 0.2) is 72.8 Å². The molecule has 196 valence electrons. The molecule has 0 unspecified atom stereocenters. The standard InChI is InChI=1S/C29H31Cl3N2O2S/c1-3-20(2)33-29(36)27(15-21-9-5-4-6-10-21)34(17-22-13-14-24(30)16-26(22)32)28(35)19-37-18-23-11-7-8-12-25(23)31/h4-14,16,20,27H,3,15,17-19H2,1-2H3,(H,33,36)/t20-,27-/m0/s1. The molecule has 2 amide bonds. The van der Waals surface area contributed by atoms with Crippen molar-refractivity contribution in [2.24, 2.45) is 0 Å². The van der Waals surface area contributed by atoms with Crippen molar-refractivity contribution in [2.75, 3.05) is 5.75 Å². The van der Waals surface area contributed by atoms with Crippen molar-refractivity contribution < 1.29 is 9.59 Å². The zero-order chi connectivity index (χ0) is 26.8. The number of hydrogen-bond acceptors (Lipinski definition) is 3. The van der Waals surface area contributed by atoms with Crippen LogP contribution in [0.4, 0.5) is 0 Å². The number of amides is 2. The fourth-order valence-electron chi connectivity index (χ4n) is 3.78. The third kappa shape index (κ3) is 8.96. The van der Waals surface area contributed by atoms with Gasteiger partial charge < -0.3 is 10.2 Å². The number of halogens is 3. The normalized spacial score (nSPS) is 12.6. The second kappa shape index (κ2) is 14.7. The van der Waals surface area contributed by atoms with E-state index in [2.05, 4.69) is 5.32 Å². The van der Waals surface area contributed by atoms with Gasteiger partial charge in [-0.2, -0.15) is 0 Å². The molecule has 8 heteroatoms. The molecule has 4 nitrogen and oxygen atoms in total. The Morgan fingerprint density at radius 2 is 1.62 bits per heavy atom. The number of hydrogen-bond donors (Lipinski definition) is 1. The van der Waals surface area contributed by atoms with Crippen LogP contribution in [-0.2, 0) is 28.3 Å². The molecule has 0 fully saturated rings. The van der Waals surface area contributed by atoms with Gasteiger partial charge in [0.15, 0.2) is 0 Å². The Kier molecular flexibility index (Phi) is 11.7. The summed E-state index contributed by atoms with van der Waals surface area (Å²) in [4.78, 5) is 28.9. The predicted molar refractivity (Wildman–Crippen MR) is 156 cm³/mol. The van der Waals surface area contributed by atoms with Crippen molar-refractivity contribution in [3.05, 3.63) is 105 Å². The third-order valence-corrected chi connectivity index (χ3v) is 7.99. The average Bonchev–Trinajstić information content (AvgIpc) is 2.88. The van der Waals surface area contributed by atoms with Crippen LogP contribution in [0.2, 0.25) is 15.1 Å². The van der Waals surface area contributed by atoms with E-state index in [9.17, 15) is 9.59 Å². The molecule has 0 heterocycles. The third-order valence-electron chi connectivity index (χ3n) is 6.07. The Balaban J connectivity index is 1.89. The molecule has 3 rings (SSSR count). The molecule has 2 atom stereocenters. The molecular weight excluding hydrogens is 547 g/mol. The fraction of sp³-hybridized carbons (Fsp3) is 0.310. The Morgan fingerprint density at radius 1 is 0.919 bits per heavy atom. The molecule has 0 saturated heterocycles. The van der Waals surface area contributed by atoms with E-state index in [1.807, 2.05) is 68.4 Å². The first kappa shape index (κ1) is 29.4. The summed E-state index contributed by atoms with van der Waals surface area (Å²) in [6.07, 6.45) is 1.17. The summed E-state index contributed by atoms with van der Waals surface area (Å²) in [7, 11) is 0. The van der Waals surface area contributed by atoms with Gasteiger partial charge in [0.2, 0.25) is 11.8 Å². The first-order valence-corrected chi connectivity index (χ1v) is 14.5. The van der Waals surface area contributed by atoms with Gasteiger partial charge in [0.25, 0.3) is 0 Å². The summed E-state index contributed by atoms with van der Waals surface area (Å²) in [5.41, 5.74) is 2.66. The zero-order valence-electron chi connectivity index (χ0n) is 20.9. The van der Waals surface area contributed by atoms with Crippen molar-refractivity contribution in [1.82, 2.24) is 10.2 Å². The van der Waals surface area contributed by atoms with Crippen molar-refractivity contribution in [3.63, 3.8) is 0 Å². The van der Waals surface area contributed by atoms with Gasteiger partial charge in [-0.1, -0.05) is 96.3 Å². The molecule has 0 radical (unpaired) electrons. The van der Waals surface area contributed by atoms with Gasteiger partial charge in [0, 0.05) is 39.8 Å². The zero-order valence-corrected chi connectivity index (χ0v) is 24.0. The minimum atomic E-state index is -0.712. The van der Waals surface area contributed by atoms with Gasteiger partial charge in [-0.3, -0.25) is 9.59 Å². The lowest BCUT2D eigenvalue weighted by Gasteiger charge is -2.32. The summed E-state index contributed by atoms with van der Waals surface area (Å²) >= 11 is 20.4. The van der Waals surface area contributed by atoms with E-state index in [4.69, 9.17) is 34.8 Å². The maximum absolute atomic E-state index is 13.7. The molecule has 3 aromatic rings. The lowest BCUT2D eigenvalue weighted by atomic mass is 10.0. The summed E-state index contributed by atoms with van der Waals surface area (Å²) in [6, 6.07) is 21.8. The Morgan fingerprint density at radius 3 is 2.30 bits per heavy atom. The largest absolute Gasteiger partial charge is 0.352 e. The van der Waals surface area contributed by atoms with Gasteiger partial charge in [-0.05, 0) is 48.2 Å². The number of carbonyl (C=O) groups excluding carboxylic acids is 2. The summed E-state index contributed by atoms with van der Waals surface area (Å²) in [6.45, 7) is 4.16. The van der Waals surface area contributed by atoms with Gasteiger partial charge in [0.1, 0.15) is 6.04 Å². The first-order chi connectivity index (χ1) is 17.8. The quantitative estimate of drug-likeness (QED) is 0.243. The van der Waals surface area contributed by atoms with Crippen molar-refractivity contribution in [3.8, 4) is 0 Å². The van der Waals surface area contributed by atoms with E-state index in [0.29, 0.717) is 27.2 Å². The number of thioether (sulfide) groups is 1. The fourth-order valence-corrected chi connectivity index (χ4v) is 5.44. The smallest absolute Gasteiger partial charge is 0.243 e. The molecule has 1 N–H and O–H groups in total. The minimum Gasteiger partial charge on any atom is -0.352 e. The lowest BCUT2D eigenvalue weighted by molar-refractivity contribution is -0.139. The van der Waals surface area contributed by atoms with Gasteiger partial charge in [-0.15, -0.1) is 11.8 Å². The van der Waals surface area contributed by atoms with E-state index in [0.717, 1.165) is 23.1 Å². The highest BCUT2D eigenvalue weighted by atomic mass is 35.5. The molecule has 0 aliphatic carbocycles. The molecule has 0 bridgehead atoms. The van der Waals surface area contributed by atoms with Crippen LogP contribution in [0.5, 0.6) is 0 Å². The van der Waals surface area contributed by atoms with Crippen molar-refractivity contribution in [2.45, 2.75) is 51.1 Å². The SMILES string of the molecule is CC[C@H](C)NC(=O)[C@H](Cc1ccccc1)N(Cc1ccc(Cl)cc1Cl)C(=O)CSCc1ccccc1Cl. The summed E-state index contributed by atoms with van der Waals surface area (Å²) in [5, 5.41) is 4.71. The van der Waals surface area contributed by atoms with E-state index < -0.39 is 6.04 Å². The molecule has 0 aliphatic heterocycles. The summed E-state index contributed by atoms with van der Waals surface area (Å²) in [5.74, 6) is 0.442.